The summed E-state index contributed by atoms with van der Waals surface area (Å²) in [6.07, 6.45) is 1.15. The molecule has 1 aromatic carbocycles. The molecule has 12 nitrogen and oxygen atoms in total. The fourth-order valence-electron chi connectivity index (χ4n) is 1.95. The Bertz CT molecular complexity index is 997. The molecule has 0 aliphatic rings. The van der Waals surface area contributed by atoms with Crippen LogP contribution in [0.25, 0.3) is 0 Å². The number of hydrogen-bond acceptors (Lipinski definition) is 8. The Kier molecular flexibility index (Phi) is 5.08. The van der Waals surface area contributed by atoms with Crippen molar-refractivity contribution in [3.05, 3.63) is 68.8 Å². The molecule has 2 amide bonds. The van der Waals surface area contributed by atoms with Crippen molar-refractivity contribution in [3.63, 3.8) is 0 Å². The first-order valence-electron chi connectivity index (χ1n) is 7.28. The second kappa shape index (κ2) is 7.61. The highest BCUT2D eigenvalue weighted by Gasteiger charge is 2.17. The van der Waals surface area contributed by atoms with Crippen molar-refractivity contribution in [3.8, 4) is 0 Å². The van der Waals surface area contributed by atoms with Gasteiger partial charge in [0, 0.05) is 21.8 Å². The van der Waals surface area contributed by atoms with Crippen molar-refractivity contribution in [2.45, 2.75) is 6.54 Å². The Morgan fingerprint density at radius 1 is 1.22 bits per heavy atom. The second-order valence-electron chi connectivity index (χ2n) is 5.09. The average molecular weight is 392 g/mol. The van der Waals surface area contributed by atoms with E-state index in [1.165, 1.54) is 30.3 Å². The number of nitrogens with zero attached hydrogens (tertiary/aromatic N) is 5. The summed E-state index contributed by atoms with van der Waals surface area (Å²) in [5.74, 6) is -1.60. The van der Waals surface area contributed by atoms with E-state index in [1.54, 1.807) is 0 Å². The standard InChI is InChI=1S/C14H10ClN7O5/c15-9-3-1-8(2-4-9)12(23)17-18-13(24)11-5-10(27-20-11)6-21-7-16-14(19-21)22(25)26/h1-5,7H,6H2,(H,17,23)(H,18,24). The number of hydrogen-bond donors (Lipinski definition) is 2. The number of rotatable bonds is 5. The molecule has 2 N–H and O–H groups in total. The summed E-state index contributed by atoms with van der Waals surface area (Å²) < 4.78 is 6.12. The van der Waals surface area contributed by atoms with Gasteiger partial charge in [0.25, 0.3) is 11.8 Å². The maximum Gasteiger partial charge on any atom is 0.490 e. The average Bonchev–Trinajstić information content (AvgIpc) is 3.30. The minimum Gasteiger partial charge on any atom is -0.390 e. The van der Waals surface area contributed by atoms with Crippen LogP contribution >= 0.6 is 11.6 Å². The molecule has 2 heterocycles. The van der Waals surface area contributed by atoms with Crippen LogP contribution < -0.4 is 10.9 Å². The van der Waals surface area contributed by atoms with E-state index in [0.29, 0.717) is 10.6 Å². The molecule has 27 heavy (non-hydrogen) atoms. The number of carbonyl (C=O) groups excluding carboxylic acids is 2. The monoisotopic (exact) mass is 391 g/mol. The van der Waals surface area contributed by atoms with Crippen LogP contribution in [0.3, 0.4) is 0 Å². The topological polar surface area (TPSA) is 158 Å². The van der Waals surface area contributed by atoms with Crippen molar-refractivity contribution in [1.29, 1.82) is 0 Å². The van der Waals surface area contributed by atoms with E-state index in [4.69, 9.17) is 16.1 Å². The molecule has 0 unspecified atom stereocenters. The fraction of sp³-hybridized carbons (Fsp3) is 0.0714. The Hall–Kier alpha value is -3.80. The largest absolute Gasteiger partial charge is 0.490 e. The number of carbonyl (C=O) groups is 2. The Labute approximate surface area is 155 Å². The van der Waals surface area contributed by atoms with Gasteiger partial charge in [0.2, 0.25) is 6.33 Å². The Morgan fingerprint density at radius 3 is 2.59 bits per heavy atom. The van der Waals surface area contributed by atoms with Crippen molar-refractivity contribution >= 4 is 29.4 Å². The van der Waals surface area contributed by atoms with E-state index in [0.717, 1.165) is 11.0 Å². The number of aromatic nitrogens is 4. The highest BCUT2D eigenvalue weighted by Crippen LogP contribution is 2.09. The molecule has 0 saturated carbocycles. The summed E-state index contributed by atoms with van der Waals surface area (Å²) in [6, 6.07) is 7.37. The third-order valence-corrected chi connectivity index (χ3v) is 3.45. The molecule has 0 aliphatic heterocycles. The van der Waals surface area contributed by atoms with Crippen LogP contribution in [0.1, 0.15) is 26.6 Å². The maximum absolute atomic E-state index is 12.0. The zero-order chi connectivity index (χ0) is 19.4. The molecule has 0 saturated heterocycles. The summed E-state index contributed by atoms with van der Waals surface area (Å²) >= 11 is 5.74. The van der Waals surface area contributed by atoms with Crippen molar-refractivity contribution in [2.75, 3.05) is 0 Å². The normalized spacial score (nSPS) is 10.4. The first-order chi connectivity index (χ1) is 12.9. The molecule has 0 radical (unpaired) electrons. The number of nitrogens with one attached hydrogen (secondary N) is 2. The molecular weight excluding hydrogens is 382 g/mol. The van der Waals surface area contributed by atoms with Gasteiger partial charge in [-0.05, 0) is 29.2 Å². The van der Waals surface area contributed by atoms with E-state index in [-0.39, 0.29) is 18.0 Å². The molecule has 3 aromatic rings. The molecular formula is C14H10ClN7O5. The molecule has 0 fully saturated rings. The lowest BCUT2D eigenvalue weighted by molar-refractivity contribution is -0.394. The highest BCUT2D eigenvalue weighted by atomic mass is 35.5. The Morgan fingerprint density at radius 2 is 1.93 bits per heavy atom. The Balaban J connectivity index is 1.57. The first kappa shape index (κ1) is 18.0. The van der Waals surface area contributed by atoms with Crippen LogP contribution in [0.2, 0.25) is 5.02 Å². The van der Waals surface area contributed by atoms with Crippen LogP contribution in [-0.4, -0.2) is 36.7 Å². The predicted molar refractivity (Wildman–Crippen MR) is 88.7 cm³/mol. The summed E-state index contributed by atoms with van der Waals surface area (Å²) in [7, 11) is 0. The van der Waals surface area contributed by atoms with Gasteiger partial charge in [0.05, 0.1) is 0 Å². The molecule has 2 aromatic heterocycles. The van der Waals surface area contributed by atoms with Gasteiger partial charge in [0.1, 0.15) is 6.54 Å². The van der Waals surface area contributed by atoms with Gasteiger partial charge in [-0.25, -0.2) is 0 Å². The highest BCUT2D eigenvalue weighted by molar-refractivity contribution is 6.30. The fourth-order valence-corrected chi connectivity index (χ4v) is 2.08. The molecule has 3 rings (SSSR count). The third-order valence-electron chi connectivity index (χ3n) is 3.19. The number of benzene rings is 1. The van der Waals surface area contributed by atoms with Crippen molar-refractivity contribution < 1.29 is 19.0 Å². The lowest BCUT2D eigenvalue weighted by Crippen LogP contribution is -2.41. The summed E-state index contributed by atoms with van der Waals surface area (Å²) in [5.41, 5.74) is 4.61. The van der Waals surface area contributed by atoms with E-state index >= 15 is 0 Å². The van der Waals surface area contributed by atoms with Crippen LogP contribution in [0.5, 0.6) is 0 Å². The zero-order valence-electron chi connectivity index (χ0n) is 13.3. The van der Waals surface area contributed by atoms with Gasteiger partial charge in [-0.15, -0.1) is 0 Å². The van der Waals surface area contributed by atoms with Crippen LogP contribution in [-0.2, 0) is 6.54 Å². The molecule has 0 bridgehead atoms. The van der Waals surface area contributed by atoms with E-state index in [2.05, 4.69) is 26.1 Å². The minimum atomic E-state index is -0.737. The van der Waals surface area contributed by atoms with Gasteiger partial charge in [0.15, 0.2) is 11.5 Å². The van der Waals surface area contributed by atoms with Crippen LogP contribution in [0.15, 0.2) is 41.2 Å². The van der Waals surface area contributed by atoms with E-state index < -0.39 is 22.7 Å². The van der Waals surface area contributed by atoms with Gasteiger partial charge in [-0.3, -0.25) is 20.4 Å². The van der Waals surface area contributed by atoms with Gasteiger partial charge < -0.3 is 14.6 Å². The number of halogens is 1. The predicted octanol–water partition coefficient (Wildman–Crippen LogP) is 0.951. The van der Waals surface area contributed by atoms with Gasteiger partial charge >= 0.3 is 5.95 Å². The number of nitro groups is 1. The van der Waals surface area contributed by atoms with E-state index in [1.807, 2.05) is 0 Å². The molecule has 0 spiro atoms. The van der Waals surface area contributed by atoms with Crippen LogP contribution in [0.4, 0.5) is 5.95 Å². The first-order valence-corrected chi connectivity index (χ1v) is 7.66. The number of hydrazine groups is 1. The molecule has 0 aliphatic carbocycles. The smallest absolute Gasteiger partial charge is 0.390 e. The summed E-state index contributed by atoms with van der Waals surface area (Å²) in [4.78, 5) is 37.2. The van der Waals surface area contributed by atoms with E-state index in [9.17, 15) is 19.7 Å². The quantitative estimate of drug-likeness (QED) is 0.480. The van der Waals surface area contributed by atoms with Gasteiger partial charge in [-0.1, -0.05) is 21.7 Å². The maximum atomic E-state index is 12.0. The summed E-state index contributed by atoms with van der Waals surface area (Å²) in [5, 5.41) is 18.2. The lowest BCUT2D eigenvalue weighted by atomic mass is 10.2. The lowest BCUT2D eigenvalue weighted by Gasteiger charge is -2.05. The molecule has 13 heteroatoms. The second-order valence-corrected chi connectivity index (χ2v) is 5.53. The van der Waals surface area contributed by atoms with Crippen LogP contribution in [0, 0.1) is 10.1 Å². The third kappa shape index (κ3) is 4.43. The molecule has 138 valence electrons. The minimum absolute atomic E-state index is 0.0156. The summed E-state index contributed by atoms with van der Waals surface area (Å²) in [6.45, 7) is -0.0156. The molecule has 0 atom stereocenters. The number of amides is 2. The van der Waals surface area contributed by atoms with Gasteiger partial charge in [-0.2, -0.15) is 4.68 Å². The van der Waals surface area contributed by atoms with Crippen molar-refractivity contribution in [2.24, 2.45) is 0 Å². The SMILES string of the molecule is O=C(NNC(=O)c1cc(Cn2cnc([N+](=O)[O-])n2)on1)c1ccc(Cl)cc1. The zero-order valence-corrected chi connectivity index (χ0v) is 14.1. The van der Waals surface area contributed by atoms with Crippen molar-refractivity contribution in [1.82, 2.24) is 30.8 Å².